The Morgan fingerprint density at radius 3 is 2.69 bits per heavy atom. The van der Waals surface area contributed by atoms with Crippen molar-refractivity contribution in [3.8, 4) is 11.3 Å². The van der Waals surface area contributed by atoms with Crippen molar-refractivity contribution in [2.75, 3.05) is 5.32 Å². The number of Topliss-reactive ketones (excluding diaryl/α,β-unsaturated/α-hetero) is 1. The second-order valence-corrected chi connectivity index (χ2v) is 9.71. The number of rotatable bonds is 5. The minimum absolute atomic E-state index is 0.0965. The number of benzene rings is 1. The minimum atomic E-state index is -1.06. The molecule has 0 unspecified atom stereocenters. The fraction of sp³-hybridized carbons (Fsp3) is 0.346. The van der Waals surface area contributed by atoms with E-state index in [-0.39, 0.29) is 23.5 Å². The number of hydrogen-bond donors (Lipinski definition) is 2. The summed E-state index contributed by atoms with van der Waals surface area (Å²) in [5.41, 5.74) is 5.48. The lowest BCUT2D eigenvalue weighted by Gasteiger charge is -2.28. The van der Waals surface area contributed by atoms with E-state index in [1.165, 1.54) is 0 Å². The molecule has 0 bridgehead atoms. The van der Waals surface area contributed by atoms with Gasteiger partial charge in [0.15, 0.2) is 5.78 Å². The molecule has 2 atom stereocenters. The number of carbonyl (C=O) groups is 2. The average Bonchev–Trinajstić information content (AvgIpc) is 3.37. The number of alkyl halides is 1. The fourth-order valence-electron chi connectivity index (χ4n) is 4.66. The lowest BCUT2D eigenvalue weighted by atomic mass is 9.75. The Kier molecular flexibility index (Phi) is 4.96. The molecule has 0 aliphatic heterocycles. The smallest absolute Gasteiger partial charge is 0.231 e. The summed E-state index contributed by atoms with van der Waals surface area (Å²) in [6, 6.07) is 13.7. The Morgan fingerprint density at radius 2 is 1.97 bits per heavy atom. The topological polar surface area (TPSA) is 74.8 Å². The summed E-state index contributed by atoms with van der Waals surface area (Å²) in [7, 11) is 0. The van der Waals surface area contributed by atoms with E-state index in [1.807, 2.05) is 24.3 Å². The van der Waals surface area contributed by atoms with Crippen LogP contribution in [0.2, 0.25) is 0 Å². The van der Waals surface area contributed by atoms with E-state index in [1.54, 1.807) is 12.3 Å². The molecule has 32 heavy (non-hydrogen) atoms. The van der Waals surface area contributed by atoms with Gasteiger partial charge in [-0.3, -0.25) is 9.59 Å². The summed E-state index contributed by atoms with van der Waals surface area (Å²) in [6.07, 6.45) is 2.78. The quantitative estimate of drug-likeness (QED) is 0.589. The Labute approximate surface area is 186 Å². The van der Waals surface area contributed by atoms with Gasteiger partial charge in [-0.2, -0.15) is 0 Å². The van der Waals surface area contributed by atoms with E-state index >= 15 is 0 Å². The number of hydrogen-bond acceptors (Lipinski definition) is 3. The van der Waals surface area contributed by atoms with E-state index in [4.69, 9.17) is 0 Å². The van der Waals surface area contributed by atoms with Crippen LogP contribution in [-0.2, 0) is 17.6 Å². The third-order valence-electron chi connectivity index (χ3n) is 6.33. The summed E-state index contributed by atoms with van der Waals surface area (Å²) in [4.78, 5) is 33.1. The molecule has 5 nitrogen and oxygen atoms in total. The Bertz CT molecular complexity index is 1200. The zero-order valence-electron chi connectivity index (χ0n) is 18.2. The first kappa shape index (κ1) is 20.6. The van der Waals surface area contributed by atoms with Gasteiger partial charge < -0.3 is 10.3 Å². The number of nitrogens with one attached hydrogen (secondary N) is 2. The normalized spacial score (nSPS) is 21.2. The molecule has 0 saturated heterocycles. The van der Waals surface area contributed by atoms with Crippen molar-refractivity contribution in [3.63, 3.8) is 0 Å². The molecule has 2 aliphatic rings. The highest BCUT2D eigenvalue weighted by atomic mass is 19.1. The van der Waals surface area contributed by atoms with Crippen LogP contribution in [0.25, 0.3) is 11.3 Å². The van der Waals surface area contributed by atoms with Gasteiger partial charge in [-0.25, -0.2) is 9.37 Å². The molecule has 2 heterocycles. The first-order chi connectivity index (χ1) is 15.3. The molecule has 3 aromatic rings. The van der Waals surface area contributed by atoms with Gasteiger partial charge in [-0.1, -0.05) is 44.2 Å². The van der Waals surface area contributed by atoms with Gasteiger partial charge in [0, 0.05) is 35.9 Å². The van der Waals surface area contributed by atoms with E-state index < -0.39 is 12.1 Å². The van der Waals surface area contributed by atoms with Gasteiger partial charge in [0.25, 0.3) is 0 Å². The zero-order chi connectivity index (χ0) is 22.5. The summed E-state index contributed by atoms with van der Waals surface area (Å²) < 4.78 is 13.2. The molecule has 5 rings (SSSR count). The Balaban J connectivity index is 1.55. The van der Waals surface area contributed by atoms with E-state index in [0.717, 1.165) is 40.1 Å². The number of fused-ring (bicyclic) bond motifs is 1. The molecule has 1 saturated carbocycles. The summed E-state index contributed by atoms with van der Waals surface area (Å²) in [6.45, 7) is 4.22. The zero-order valence-corrected chi connectivity index (χ0v) is 18.2. The SMILES string of the molecule is CC1(C)CC(=O)c2c([nH]c(-c3ccnc(NC(=O)[C@H]4C[C@@H]4F)c3)c2Cc2ccccc2)C1. The third kappa shape index (κ3) is 3.97. The maximum atomic E-state index is 13.2. The number of amides is 1. The lowest BCUT2D eigenvalue weighted by Crippen LogP contribution is -2.27. The number of carbonyl (C=O) groups excluding carboxylic acids is 2. The van der Waals surface area contributed by atoms with Gasteiger partial charge in [0.1, 0.15) is 12.0 Å². The first-order valence-electron chi connectivity index (χ1n) is 11.0. The van der Waals surface area contributed by atoms with Crippen molar-refractivity contribution in [3.05, 3.63) is 71.0 Å². The van der Waals surface area contributed by atoms with Crippen LogP contribution >= 0.6 is 0 Å². The van der Waals surface area contributed by atoms with Gasteiger partial charge in [0.2, 0.25) is 5.91 Å². The number of aromatic nitrogens is 2. The summed E-state index contributed by atoms with van der Waals surface area (Å²) in [5, 5.41) is 2.73. The number of halogens is 1. The van der Waals surface area contributed by atoms with Gasteiger partial charge in [-0.05, 0) is 41.5 Å². The third-order valence-corrected chi connectivity index (χ3v) is 6.33. The number of pyridine rings is 1. The standard InChI is InChI=1S/C26H26FN3O2/c1-26(2)13-20-23(21(31)14-26)18(10-15-6-4-3-5-7-15)24(29-20)16-8-9-28-22(11-16)30-25(32)17-12-19(17)27/h3-9,11,17,19,29H,10,12-14H2,1-2H3,(H,28,30,32)/t17-,19-/m0/s1. The van der Waals surface area contributed by atoms with E-state index in [9.17, 15) is 14.0 Å². The average molecular weight is 432 g/mol. The molecule has 0 spiro atoms. The second-order valence-electron chi connectivity index (χ2n) is 9.71. The molecule has 1 fully saturated rings. The van der Waals surface area contributed by atoms with Crippen molar-refractivity contribution in [1.82, 2.24) is 9.97 Å². The predicted molar refractivity (Wildman–Crippen MR) is 121 cm³/mol. The molecule has 2 aliphatic carbocycles. The number of ketones is 1. The van der Waals surface area contributed by atoms with Crippen LogP contribution in [-0.4, -0.2) is 27.8 Å². The van der Waals surface area contributed by atoms with Crippen molar-refractivity contribution < 1.29 is 14.0 Å². The van der Waals surface area contributed by atoms with Crippen LogP contribution in [0.3, 0.4) is 0 Å². The van der Waals surface area contributed by atoms with Gasteiger partial charge >= 0.3 is 0 Å². The molecular formula is C26H26FN3O2. The van der Waals surface area contributed by atoms with Crippen molar-refractivity contribution in [1.29, 1.82) is 0 Å². The molecular weight excluding hydrogens is 405 g/mol. The highest BCUT2D eigenvalue weighted by Crippen LogP contribution is 2.40. The first-order valence-corrected chi connectivity index (χ1v) is 11.0. The van der Waals surface area contributed by atoms with Gasteiger partial charge in [-0.15, -0.1) is 0 Å². The summed E-state index contributed by atoms with van der Waals surface area (Å²) >= 11 is 0. The summed E-state index contributed by atoms with van der Waals surface area (Å²) in [5.74, 6) is -0.368. The number of H-pyrrole nitrogens is 1. The predicted octanol–water partition coefficient (Wildman–Crippen LogP) is 5.12. The highest BCUT2D eigenvalue weighted by Gasteiger charge is 2.43. The van der Waals surface area contributed by atoms with Crippen LogP contribution in [0.15, 0.2) is 48.7 Å². The van der Waals surface area contributed by atoms with Crippen LogP contribution in [0.4, 0.5) is 10.2 Å². The van der Waals surface area contributed by atoms with Crippen molar-refractivity contribution in [2.45, 2.75) is 45.7 Å². The Hall–Kier alpha value is -3.28. The molecule has 1 amide bonds. The molecule has 2 aromatic heterocycles. The molecule has 164 valence electrons. The molecule has 0 radical (unpaired) electrons. The van der Waals surface area contributed by atoms with Crippen LogP contribution in [0.5, 0.6) is 0 Å². The van der Waals surface area contributed by atoms with Crippen LogP contribution in [0.1, 0.15) is 53.9 Å². The van der Waals surface area contributed by atoms with E-state index in [0.29, 0.717) is 18.7 Å². The van der Waals surface area contributed by atoms with E-state index in [2.05, 4.69) is 41.3 Å². The maximum absolute atomic E-state index is 13.2. The molecule has 6 heteroatoms. The van der Waals surface area contributed by atoms with Gasteiger partial charge in [0.05, 0.1) is 11.6 Å². The van der Waals surface area contributed by atoms with Crippen molar-refractivity contribution in [2.24, 2.45) is 11.3 Å². The largest absolute Gasteiger partial charge is 0.358 e. The lowest BCUT2D eigenvalue weighted by molar-refractivity contribution is -0.117. The number of aromatic amines is 1. The number of nitrogens with zero attached hydrogens (tertiary/aromatic N) is 1. The molecule has 1 aromatic carbocycles. The minimum Gasteiger partial charge on any atom is -0.358 e. The number of anilines is 1. The van der Waals surface area contributed by atoms with Crippen molar-refractivity contribution >= 4 is 17.5 Å². The maximum Gasteiger partial charge on any atom is 0.231 e. The highest BCUT2D eigenvalue weighted by molar-refractivity contribution is 6.02. The molecule has 2 N–H and O–H groups in total. The Morgan fingerprint density at radius 1 is 1.22 bits per heavy atom. The van der Waals surface area contributed by atoms with Crippen LogP contribution < -0.4 is 5.32 Å². The second kappa shape index (κ2) is 7.69. The fourth-order valence-corrected chi connectivity index (χ4v) is 4.66. The van der Waals surface area contributed by atoms with Crippen LogP contribution in [0, 0.1) is 11.3 Å². The monoisotopic (exact) mass is 431 g/mol.